The van der Waals surface area contributed by atoms with Crippen LogP contribution in [0.2, 0.25) is 0 Å². The van der Waals surface area contributed by atoms with E-state index in [0.717, 1.165) is 11.1 Å². The van der Waals surface area contributed by atoms with Crippen LogP contribution >= 0.6 is 0 Å². The Bertz CT molecular complexity index is 198. The van der Waals surface area contributed by atoms with Crippen LogP contribution in [-0.2, 0) is 0 Å². The fourth-order valence-corrected chi connectivity index (χ4v) is 0.707. The van der Waals surface area contributed by atoms with Gasteiger partial charge in [-0.15, -0.1) is 0 Å². The maximum atomic E-state index is 9.40. The summed E-state index contributed by atoms with van der Waals surface area (Å²) in [4.78, 5) is 0. The lowest BCUT2D eigenvalue weighted by Crippen LogP contribution is -2.06. The molecule has 11 heavy (non-hydrogen) atoms. The lowest BCUT2D eigenvalue weighted by Gasteiger charge is -2.03. The molecule has 2 nitrogen and oxygen atoms in total. The SMILES string of the molecule is C=C/C=C(/CN)C(O)=C(C)C. The minimum Gasteiger partial charge on any atom is -0.508 e. The van der Waals surface area contributed by atoms with Crippen molar-refractivity contribution in [2.24, 2.45) is 5.73 Å². The molecule has 0 fully saturated rings. The summed E-state index contributed by atoms with van der Waals surface area (Å²) < 4.78 is 0. The molecule has 0 rings (SSSR count). The first-order valence-corrected chi connectivity index (χ1v) is 3.52. The van der Waals surface area contributed by atoms with Gasteiger partial charge in [0.05, 0.1) is 0 Å². The van der Waals surface area contributed by atoms with Gasteiger partial charge in [0.25, 0.3) is 0 Å². The summed E-state index contributed by atoms with van der Waals surface area (Å²) in [7, 11) is 0. The normalized spacial score (nSPS) is 11.0. The molecule has 0 atom stereocenters. The molecule has 0 heterocycles. The number of rotatable bonds is 3. The van der Waals surface area contributed by atoms with Gasteiger partial charge in [-0.3, -0.25) is 0 Å². The number of aliphatic hydroxyl groups is 1. The van der Waals surface area contributed by atoms with Crippen molar-refractivity contribution in [1.29, 1.82) is 0 Å². The number of allylic oxidation sites excluding steroid dienone is 3. The van der Waals surface area contributed by atoms with Crippen molar-refractivity contribution >= 4 is 0 Å². The van der Waals surface area contributed by atoms with Gasteiger partial charge in [-0.05, 0) is 19.4 Å². The topological polar surface area (TPSA) is 46.2 Å². The van der Waals surface area contributed by atoms with E-state index in [2.05, 4.69) is 6.58 Å². The minimum absolute atomic E-state index is 0.271. The Balaban J connectivity index is 4.66. The Morgan fingerprint density at radius 2 is 2.09 bits per heavy atom. The standard InChI is InChI=1S/C9H15NO/c1-4-5-8(6-10)9(11)7(2)3/h4-5,11H,1,6,10H2,2-3H3/b8-5-. The van der Waals surface area contributed by atoms with Crippen LogP contribution in [0.15, 0.2) is 35.6 Å². The molecule has 0 radical (unpaired) electrons. The van der Waals surface area contributed by atoms with Gasteiger partial charge in [0.2, 0.25) is 0 Å². The summed E-state index contributed by atoms with van der Waals surface area (Å²) >= 11 is 0. The first kappa shape index (κ1) is 9.98. The van der Waals surface area contributed by atoms with Crippen molar-refractivity contribution in [2.75, 3.05) is 6.54 Å². The molecule has 0 aromatic carbocycles. The number of hydrogen-bond acceptors (Lipinski definition) is 2. The third-order valence-electron chi connectivity index (χ3n) is 1.32. The van der Waals surface area contributed by atoms with E-state index in [4.69, 9.17) is 5.73 Å². The average molecular weight is 153 g/mol. The highest BCUT2D eigenvalue weighted by atomic mass is 16.3. The number of hydrogen-bond donors (Lipinski definition) is 2. The summed E-state index contributed by atoms with van der Waals surface area (Å²) in [5.41, 5.74) is 6.97. The first-order valence-electron chi connectivity index (χ1n) is 3.52. The van der Waals surface area contributed by atoms with Crippen LogP contribution in [0.3, 0.4) is 0 Å². The van der Waals surface area contributed by atoms with E-state index in [0.29, 0.717) is 6.54 Å². The summed E-state index contributed by atoms with van der Waals surface area (Å²) in [6.45, 7) is 7.53. The monoisotopic (exact) mass is 153 g/mol. The predicted octanol–water partition coefficient (Wildman–Crippen LogP) is 1.91. The lowest BCUT2D eigenvalue weighted by atomic mass is 10.1. The average Bonchev–Trinajstić information content (AvgIpc) is 1.98. The first-order chi connectivity index (χ1) is 5.13. The highest BCUT2D eigenvalue weighted by Crippen LogP contribution is 2.09. The smallest absolute Gasteiger partial charge is 0.118 e. The molecule has 3 N–H and O–H groups in total. The van der Waals surface area contributed by atoms with Crippen LogP contribution in [0.1, 0.15) is 13.8 Å². The predicted molar refractivity (Wildman–Crippen MR) is 48.3 cm³/mol. The minimum atomic E-state index is 0.271. The molecule has 0 saturated heterocycles. The van der Waals surface area contributed by atoms with E-state index in [1.807, 2.05) is 13.8 Å². The van der Waals surface area contributed by atoms with E-state index < -0.39 is 0 Å². The molecule has 0 bridgehead atoms. The lowest BCUT2D eigenvalue weighted by molar-refractivity contribution is 0.415. The third kappa shape index (κ3) is 3.05. The maximum absolute atomic E-state index is 9.40. The van der Waals surface area contributed by atoms with E-state index in [-0.39, 0.29) is 5.76 Å². The molecule has 2 heteroatoms. The number of nitrogens with two attached hydrogens (primary N) is 1. The largest absolute Gasteiger partial charge is 0.508 e. The van der Waals surface area contributed by atoms with Crippen molar-refractivity contribution in [2.45, 2.75) is 13.8 Å². The second-order valence-electron chi connectivity index (χ2n) is 2.48. The molecule has 0 aromatic rings. The van der Waals surface area contributed by atoms with Gasteiger partial charge in [0.1, 0.15) is 5.76 Å². The van der Waals surface area contributed by atoms with E-state index in [9.17, 15) is 5.11 Å². The van der Waals surface area contributed by atoms with Crippen molar-refractivity contribution in [1.82, 2.24) is 0 Å². The summed E-state index contributed by atoms with van der Waals surface area (Å²) in [5.74, 6) is 0.271. The van der Waals surface area contributed by atoms with Crippen molar-refractivity contribution < 1.29 is 5.11 Å². The molecule has 0 aliphatic heterocycles. The zero-order valence-electron chi connectivity index (χ0n) is 7.09. The zero-order chi connectivity index (χ0) is 8.85. The molecule has 0 spiro atoms. The van der Waals surface area contributed by atoms with Gasteiger partial charge < -0.3 is 10.8 Å². The maximum Gasteiger partial charge on any atom is 0.118 e. The Morgan fingerprint density at radius 3 is 2.36 bits per heavy atom. The fourth-order valence-electron chi connectivity index (χ4n) is 0.707. The van der Waals surface area contributed by atoms with E-state index in [1.54, 1.807) is 12.2 Å². The molecule has 0 amide bonds. The van der Waals surface area contributed by atoms with Crippen LogP contribution < -0.4 is 5.73 Å². The van der Waals surface area contributed by atoms with E-state index >= 15 is 0 Å². The second-order valence-corrected chi connectivity index (χ2v) is 2.48. The Hall–Kier alpha value is -1.02. The van der Waals surface area contributed by atoms with Crippen molar-refractivity contribution in [3.05, 3.63) is 35.6 Å². The van der Waals surface area contributed by atoms with Crippen LogP contribution in [0.25, 0.3) is 0 Å². The Morgan fingerprint density at radius 1 is 1.55 bits per heavy atom. The Kier molecular flexibility index (Phi) is 4.30. The van der Waals surface area contributed by atoms with Gasteiger partial charge in [-0.2, -0.15) is 0 Å². The molecule has 0 aromatic heterocycles. The van der Waals surface area contributed by atoms with Crippen LogP contribution in [0.5, 0.6) is 0 Å². The molecule has 62 valence electrons. The van der Waals surface area contributed by atoms with Gasteiger partial charge in [0, 0.05) is 12.1 Å². The fraction of sp³-hybridized carbons (Fsp3) is 0.333. The molecule has 0 aliphatic rings. The molecular weight excluding hydrogens is 138 g/mol. The van der Waals surface area contributed by atoms with Crippen LogP contribution in [0, 0.1) is 0 Å². The van der Waals surface area contributed by atoms with Gasteiger partial charge in [-0.25, -0.2) is 0 Å². The van der Waals surface area contributed by atoms with Crippen molar-refractivity contribution in [3.8, 4) is 0 Å². The van der Waals surface area contributed by atoms with Gasteiger partial charge in [-0.1, -0.05) is 18.7 Å². The number of aliphatic hydroxyl groups excluding tert-OH is 1. The van der Waals surface area contributed by atoms with E-state index in [1.165, 1.54) is 0 Å². The van der Waals surface area contributed by atoms with Gasteiger partial charge >= 0.3 is 0 Å². The van der Waals surface area contributed by atoms with Gasteiger partial charge in [0.15, 0.2) is 0 Å². The van der Waals surface area contributed by atoms with Crippen LogP contribution in [0.4, 0.5) is 0 Å². The quantitative estimate of drug-likeness (QED) is 0.480. The Labute approximate surface area is 67.7 Å². The zero-order valence-corrected chi connectivity index (χ0v) is 7.09. The highest BCUT2D eigenvalue weighted by molar-refractivity contribution is 5.31. The summed E-state index contributed by atoms with van der Waals surface area (Å²) in [6, 6.07) is 0. The summed E-state index contributed by atoms with van der Waals surface area (Å²) in [5, 5.41) is 9.40. The highest BCUT2D eigenvalue weighted by Gasteiger charge is 2.00. The molecule has 0 unspecified atom stereocenters. The third-order valence-corrected chi connectivity index (χ3v) is 1.32. The second kappa shape index (κ2) is 4.74. The summed E-state index contributed by atoms with van der Waals surface area (Å²) in [6.07, 6.45) is 3.32. The van der Waals surface area contributed by atoms with Crippen LogP contribution in [-0.4, -0.2) is 11.7 Å². The molecule has 0 saturated carbocycles. The molecule has 0 aliphatic carbocycles. The van der Waals surface area contributed by atoms with Crippen molar-refractivity contribution in [3.63, 3.8) is 0 Å². The molecular formula is C9H15NO.